The number of fused-ring (bicyclic) bond motifs is 3. The Labute approximate surface area is 185 Å². The molecule has 2 unspecified atom stereocenters. The van der Waals surface area contributed by atoms with Crippen molar-refractivity contribution in [1.29, 1.82) is 0 Å². The van der Waals surface area contributed by atoms with Gasteiger partial charge in [-0.1, -0.05) is 12.1 Å². The molecule has 0 radical (unpaired) electrons. The quantitative estimate of drug-likeness (QED) is 0.561. The van der Waals surface area contributed by atoms with Crippen LogP contribution in [-0.4, -0.2) is 39.2 Å². The normalized spacial score (nSPS) is 18.9. The number of nitrogens with zero attached hydrogens (tertiary/aromatic N) is 2. The highest BCUT2D eigenvalue weighted by molar-refractivity contribution is 5.99. The molecule has 3 aromatic rings. The van der Waals surface area contributed by atoms with Crippen LogP contribution >= 0.6 is 0 Å². The first-order chi connectivity index (χ1) is 15.7. The van der Waals surface area contributed by atoms with E-state index in [2.05, 4.69) is 0 Å². The third-order valence-electron chi connectivity index (χ3n) is 5.78. The second-order valence-electron chi connectivity index (χ2n) is 7.43. The lowest BCUT2D eigenvalue weighted by atomic mass is 9.97. The van der Waals surface area contributed by atoms with E-state index in [9.17, 15) is 0 Å². The molecular formula is C24H24N2O6. The minimum atomic E-state index is -0.537. The average molecular weight is 436 g/mol. The Morgan fingerprint density at radius 3 is 2.28 bits per heavy atom. The van der Waals surface area contributed by atoms with Crippen LogP contribution in [0.1, 0.15) is 35.6 Å². The highest BCUT2D eigenvalue weighted by Gasteiger charge is 2.43. The van der Waals surface area contributed by atoms with Gasteiger partial charge in [-0.3, -0.25) is 0 Å². The summed E-state index contributed by atoms with van der Waals surface area (Å²) in [6, 6.07) is 13.4. The molecule has 0 aliphatic carbocycles. The molecule has 32 heavy (non-hydrogen) atoms. The Morgan fingerprint density at radius 1 is 0.906 bits per heavy atom. The van der Waals surface area contributed by atoms with Gasteiger partial charge in [0.2, 0.25) is 12.0 Å². The van der Waals surface area contributed by atoms with E-state index in [1.807, 2.05) is 47.5 Å². The number of para-hydroxylation sites is 1. The van der Waals surface area contributed by atoms with E-state index in [4.69, 9.17) is 33.2 Å². The van der Waals surface area contributed by atoms with Crippen molar-refractivity contribution in [1.82, 2.24) is 5.01 Å². The van der Waals surface area contributed by atoms with Gasteiger partial charge in [0.25, 0.3) is 0 Å². The molecule has 1 aromatic heterocycles. The summed E-state index contributed by atoms with van der Waals surface area (Å²) in [6.07, 6.45) is 1.79. The molecule has 3 heterocycles. The van der Waals surface area contributed by atoms with Gasteiger partial charge < -0.3 is 28.1 Å². The number of benzene rings is 2. The van der Waals surface area contributed by atoms with E-state index in [1.165, 1.54) is 0 Å². The van der Waals surface area contributed by atoms with Gasteiger partial charge >= 0.3 is 0 Å². The third kappa shape index (κ3) is 3.10. The fourth-order valence-corrected chi connectivity index (χ4v) is 4.30. The predicted molar refractivity (Wildman–Crippen MR) is 117 cm³/mol. The highest BCUT2D eigenvalue weighted by Crippen LogP contribution is 2.52. The monoisotopic (exact) mass is 436 g/mol. The van der Waals surface area contributed by atoms with Crippen LogP contribution in [0.15, 0.2) is 58.2 Å². The predicted octanol–water partition coefficient (Wildman–Crippen LogP) is 4.56. The molecule has 0 saturated carbocycles. The summed E-state index contributed by atoms with van der Waals surface area (Å²) in [4.78, 5) is 0. The van der Waals surface area contributed by atoms with Gasteiger partial charge in [-0.25, -0.2) is 5.01 Å². The molecule has 0 N–H and O–H groups in total. The average Bonchev–Trinajstić information content (AvgIpc) is 3.52. The zero-order valence-corrected chi connectivity index (χ0v) is 18.3. The van der Waals surface area contributed by atoms with Gasteiger partial charge in [0.05, 0.1) is 40.7 Å². The van der Waals surface area contributed by atoms with Crippen molar-refractivity contribution in [2.75, 3.05) is 28.4 Å². The molecule has 0 amide bonds. The fourth-order valence-electron chi connectivity index (χ4n) is 4.30. The molecule has 2 aliphatic rings. The van der Waals surface area contributed by atoms with Crippen LogP contribution in [0.25, 0.3) is 0 Å². The summed E-state index contributed by atoms with van der Waals surface area (Å²) in [7, 11) is 6.40. The topological polar surface area (TPSA) is 74.9 Å². The van der Waals surface area contributed by atoms with E-state index in [-0.39, 0.29) is 6.04 Å². The van der Waals surface area contributed by atoms with Crippen LogP contribution in [0.5, 0.6) is 28.7 Å². The van der Waals surface area contributed by atoms with Crippen LogP contribution in [0.4, 0.5) is 0 Å². The van der Waals surface area contributed by atoms with Crippen molar-refractivity contribution in [3.05, 3.63) is 65.6 Å². The van der Waals surface area contributed by atoms with E-state index in [0.717, 1.165) is 22.6 Å². The molecule has 0 bridgehead atoms. The Balaban J connectivity index is 1.66. The van der Waals surface area contributed by atoms with Crippen LogP contribution in [0.2, 0.25) is 0 Å². The highest BCUT2D eigenvalue weighted by atomic mass is 16.5. The molecule has 2 aliphatic heterocycles. The van der Waals surface area contributed by atoms with E-state index in [1.54, 1.807) is 34.7 Å². The smallest absolute Gasteiger partial charge is 0.214 e. The number of furan rings is 1. The summed E-state index contributed by atoms with van der Waals surface area (Å²) in [5.74, 6) is 3.72. The maximum atomic E-state index is 6.50. The van der Waals surface area contributed by atoms with E-state index < -0.39 is 6.23 Å². The van der Waals surface area contributed by atoms with Crippen molar-refractivity contribution in [3.63, 3.8) is 0 Å². The van der Waals surface area contributed by atoms with Crippen LogP contribution in [0, 0.1) is 0 Å². The molecule has 0 spiro atoms. The second kappa shape index (κ2) is 8.03. The molecule has 166 valence electrons. The first-order valence-corrected chi connectivity index (χ1v) is 10.2. The Hall–Kier alpha value is -3.81. The standard InChI is InChI=1S/C24H24N2O6/c1-27-19-8-5-7-15-17-13-16(18-9-6-10-31-18)25-26(17)24(32-22(15)19)14-11-20(28-2)23(30-4)21(12-14)29-3/h5-12,17,24H,13H2,1-4H3. The van der Waals surface area contributed by atoms with Crippen LogP contribution < -0.4 is 23.7 Å². The van der Waals surface area contributed by atoms with Crippen molar-refractivity contribution in [3.8, 4) is 28.7 Å². The zero-order valence-electron chi connectivity index (χ0n) is 18.3. The Morgan fingerprint density at radius 2 is 1.66 bits per heavy atom. The largest absolute Gasteiger partial charge is 0.493 e. The summed E-state index contributed by atoms with van der Waals surface area (Å²) in [6.45, 7) is 0. The lowest BCUT2D eigenvalue weighted by molar-refractivity contribution is -0.0211. The number of hydrogen-bond acceptors (Lipinski definition) is 8. The lowest BCUT2D eigenvalue weighted by Crippen LogP contribution is -2.34. The van der Waals surface area contributed by atoms with Gasteiger partial charge in [0, 0.05) is 17.5 Å². The van der Waals surface area contributed by atoms with Crippen molar-refractivity contribution < 1.29 is 28.1 Å². The first kappa shape index (κ1) is 20.1. The summed E-state index contributed by atoms with van der Waals surface area (Å²) < 4.78 is 34.3. The molecule has 8 heteroatoms. The molecular weight excluding hydrogens is 412 g/mol. The van der Waals surface area contributed by atoms with Crippen molar-refractivity contribution in [2.24, 2.45) is 5.10 Å². The van der Waals surface area contributed by atoms with Crippen molar-refractivity contribution >= 4 is 5.71 Å². The molecule has 0 saturated heterocycles. The lowest BCUT2D eigenvalue weighted by Gasteiger charge is -2.38. The molecule has 2 aromatic carbocycles. The minimum absolute atomic E-state index is 0.0435. The number of ether oxygens (including phenoxy) is 5. The maximum Gasteiger partial charge on any atom is 0.214 e. The minimum Gasteiger partial charge on any atom is -0.493 e. The Bertz CT molecular complexity index is 1130. The molecule has 2 atom stereocenters. The number of rotatable bonds is 6. The molecule has 0 fully saturated rings. The summed E-state index contributed by atoms with van der Waals surface area (Å²) >= 11 is 0. The first-order valence-electron chi connectivity index (χ1n) is 10.2. The summed E-state index contributed by atoms with van der Waals surface area (Å²) in [5, 5.41) is 6.85. The van der Waals surface area contributed by atoms with Crippen LogP contribution in [-0.2, 0) is 0 Å². The Kier molecular flexibility index (Phi) is 5.05. The summed E-state index contributed by atoms with van der Waals surface area (Å²) in [5.41, 5.74) is 2.68. The molecule has 5 rings (SSSR count). The van der Waals surface area contributed by atoms with E-state index >= 15 is 0 Å². The third-order valence-corrected chi connectivity index (χ3v) is 5.78. The second-order valence-corrected chi connectivity index (χ2v) is 7.43. The van der Waals surface area contributed by atoms with Gasteiger partial charge in [-0.15, -0.1) is 0 Å². The zero-order chi connectivity index (χ0) is 22.2. The number of hydrazone groups is 1. The van der Waals surface area contributed by atoms with Gasteiger partial charge in [-0.05, 0) is 30.3 Å². The number of hydrogen-bond donors (Lipinski definition) is 0. The number of methoxy groups -OCH3 is 4. The van der Waals surface area contributed by atoms with Crippen LogP contribution in [0.3, 0.4) is 0 Å². The van der Waals surface area contributed by atoms with Crippen molar-refractivity contribution in [2.45, 2.75) is 18.7 Å². The molecule has 8 nitrogen and oxygen atoms in total. The van der Waals surface area contributed by atoms with Gasteiger partial charge in [-0.2, -0.15) is 5.10 Å². The fraction of sp³-hybridized carbons (Fsp3) is 0.292. The van der Waals surface area contributed by atoms with Gasteiger partial charge in [0.1, 0.15) is 11.5 Å². The van der Waals surface area contributed by atoms with Gasteiger partial charge in [0.15, 0.2) is 23.0 Å². The maximum absolute atomic E-state index is 6.50. The van der Waals surface area contributed by atoms with E-state index in [0.29, 0.717) is 35.2 Å². The SMILES string of the molecule is COc1cc(C2Oc3c(OC)cccc3C3CC(c4ccco4)=NN32)cc(OC)c1OC.